The molecule has 0 bridgehead atoms. The maximum absolute atomic E-state index is 12.3. The van der Waals surface area contributed by atoms with Crippen molar-refractivity contribution in [2.45, 2.75) is 6.42 Å². The van der Waals surface area contributed by atoms with Crippen LogP contribution in [0.2, 0.25) is 5.02 Å². The van der Waals surface area contributed by atoms with Gasteiger partial charge in [-0.15, -0.1) is 0 Å². The van der Waals surface area contributed by atoms with Gasteiger partial charge in [0, 0.05) is 50.0 Å². The lowest BCUT2D eigenvalue weighted by Gasteiger charge is -2.36. The molecule has 2 aromatic carbocycles. The predicted octanol–water partition coefficient (Wildman–Crippen LogP) is 2.63. The van der Waals surface area contributed by atoms with Crippen LogP contribution < -0.4 is 14.4 Å². The Hall–Kier alpha value is -1.80. The molecule has 1 aliphatic heterocycles. The second-order valence-corrected chi connectivity index (χ2v) is 9.48. The van der Waals surface area contributed by atoms with E-state index in [0.717, 1.165) is 49.1 Å². The summed E-state index contributed by atoms with van der Waals surface area (Å²) in [6.07, 6.45) is 0.485. The van der Waals surface area contributed by atoms with E-state index in [1.807, 2.05) is 48.5 Å². The van der Waals surface area contributed by atoms with Crippen molar-refractivity contribution >= 4 is 27.3 Å². The number of halogens is 1. The lowest BCUT2D eigenvalue weighted by Crippen LogP contribution is -2.48. The molecule has 1 heterocycles. The molecule has 1 aliphatic rings. The van der Waals surface area contributed by atoms with E-state index in [0.29, 0.717) is 13.0 Å². The van der Waals surface area contributed by atoms with Crippen molar-refractivity contribution in [3.8, 4) is 5.75 Å². The minimum atomic E-state index is -3.28. The van der Waals surface area contributed by atoms with Crippen molar-refractivity contribution in [2.75, 3.05) is 57.0 Å². The topological polar surface area (TPSA) is 61.9 Å². The number of aryl methyl sites for hydroxylation is 1. The standard InChI is InChI=1S/C21H28ClN3O3S/c1-28-21-8-2-18(3-9-21)10-17-29(26,27)23-11-12-24-13-15-25(16-14-24)20-6-4-19(22)5-7-20/h2-9,23H,10-17H2,1H3. The number of nitrogens with zero attached hydrogens (tertiary/aromatic N) is 2. The second-order valence-electron chi connectivity index (χ2n) is 7.12. The Morgan fingerprint density at radius 2 is 1.66 bits per heavy atom. The van der Waals surface area contributed by atoms with Crippen molar-refractivity contribution in [3.63, 3.8) is 0 Å². The van der Waals surface area contributed by atoms with Crippen LogP contribution in [0, 0.1) is 0 Å². The van der Waals surface area contributed by atoms with Gasteiger partial charge >= 0.3 is 0 Å². The van der Waals surface area contributed by atoms with Crippen LogP contribution in [-0.4, -0.2) is 65.4 Å². The number of piperazine rings is 1. The molecule has 6 nitrogen and oxygen atoms in total. The van der Waals surface area contributed by atoms with E-state index in [1.54, 1.807) is 7.11 Å². The van der Waals surface area contributed by atoms with Gasteiger partial charge in [0.2, 0.25) is 10.0 Å². The summed E-state index contributed by atoms with van der Waals surface area (Å²) in [5, 5.41) is 0.742. The van der Waals surface area contributed by atoms with E-state index < -0.39 is 10.0 Å². The SMILES string of the molecule is COc1ccc(CCS(=O)(=O)NCCN2CCN(c3ccc(Cl)cc3)CC2)cc1. The zero-order valence-corrected chi connectivity index (χ0v) is 18.3. The fraction of sp³-hybridized carbons (Fsp3) is 0.429. The molecule has 1 saturated heterocycles. The van der Waals surface area contributed by atoms with Gasteiger partial charge in [-0.2, -0.15) is 0 Å². The number of hydrogen-bond donors (Lipinski definition) is 1. The Kier molecular flexibility index (Phi) is 7.77. The first kappa shape index (κ1) is 21.9. The van der Waals surface area contributed by atoms with Crippen LogP contribution in [0.25, 0.3) is 0 Å². The van der Waals surface area contributed by atoms with Crippen molar-refractivity contribution in [1.29, 1.82) is 0 Å². The first-order valence-electron chi connectivity index (χ1n) is 9.78. The van der Waals surface area contributed by atoms with Crippen molar-refractivity contribution < 1.29 is 13.2 Å². The summed E-state index contributed by atoms with van der Waals surface area (Å²) in [7, 11) is -1.67. The van der Waals surface area contributed by atoms with Crippen molar-refractivity contribution in [1.82, 2.24) is 9.62 Å². The third-order valence-corrected chi connectivity index (χ3v) is 6.77. The van der Waals surface area contributed by atoms with Crippen LogP contribution in [0.1, 0.15) is 5.56 Å². The summed E-state index contributed by atoms with van der Waals surface area (Å²) in [5.41, 5.74) is 2.16. The summed E-state index contributed by atoms with van der Waals surface area (Å²) in [6, 6.07) is 15.4. The van der Waals surface area contributed by atoms with Gasteiger partial charge in [-0.3, -0.25) is 4.90 Å². The van der Waals surface area contributed by atoms with Crippen LogP contribution in [0.3, 0.4) is 0 Å². The lowest BCUT2D eigenvalue weighted by atomic mass is 10.2. The number of methoxy groups -OCH3 is 1. The number of anilines is 1. The normalized spacial score (nSPS) is 15.4. The number of nitrogens with one attached hydrogen (secondary N) is 1. The van der Waals surface area contributed by atoms with E-state index in [2.05, 4.69) is 14.5 Å². The number of ether oxygens (including phenoxy) is 1. The highest BCUT2D eigenvalue weighted by Gasteiger charge is 2.18. The summed E-state index contributed by atoms with van der Waals surface area (Å²) in [6.45, 7) is 4.83. The molecule has 0 atom stereocenters. The molecule has 0 radical (unpaired) electrons. The average molecular weight is 438 g/mol. The van der Waals surface area contributed by atoms with E-state index in [4.69, 9.17) is 16.3 Å². The molecular weight excluding hydrogens is 410 g/mol. The summed E-state index contributed by atoms with van der Waals surface area (Å²) in [4.78, 5) is 4.62. The van der Waals surface area contributed by atoms with Crippen molar-refractivity contribution in [2.24, 2.45) is 0 Å². The van der Waals surface area contributed by atoms with Gasteiger partial charge in [-0.25, -0.2) is 13.1 Å². The molecule has 0 aliphatic carbocycles. The highest BCUT2D eigenvalue weighted by atomic mass is 35.5. The molecule has 2 aromatic rings. The minimum Gasteiger partial charge on any atom is -0.497 e. The molecule has 0 amide bonds. The molecule has 29 heavy (non-hydrogen) atoms. The van der Waals surface area contributed by atoms with E-state index in [9.17, 15) is 8.42 Å². The Balaban J connectivity index is 1.36. The van der Waals surface area contributed by atoms with Crippen LogP contribution in [0.5, 0.6) is 5.75 Å². The zero-order valence-electron chi connectivity index (χ0n) is 16.7. The lowest BCUT2D eigenvalue weighted by molar-refractivity contribution is 0.262. The third-order valence-electron chi connectivity index (χ3n) is 5.13. The summed E-state index contributed by atoms with van der Waals surface area (Å²) in [5.74, 6) is 0.856. The Bertz CT molecular complexity index is 865. The van der Waals surface area contributed by atoms with Gasteiger partial charge in [0.1, 0.15) is 5.75 Å². The van der Waals surface area contributed by atoms with Gasteiger partial charge in [0.05, 0.1) is 12.9 Å². The second kappa shape index (κ2) is 10.3. The number of sulfonamides is 1. The fourth-order valence-electron chi connectivity index (χ4n) is 3.36. The molecule has 0 unspecified atom stereocenters. The number of rotatable bonds is 9. The van der Waals surface area contributed by atoms with Gasteiger partial charge in [0.25, 0.3) is 0 Å². The Morgan fingerprint density at radius 1 is 1.00 bits per heavy atom. The molecule has 158 valence electrons. The molecule has 0 spiro atoms. The zero-order chi connectivity index (χ0) is 20.7. The maximum atomic E-state index is 12.3. The molecular formula is C21H28ClN3O3S. The molecule has 3 rings (SSSR count). The van der Waals surface area contributed by atoms with Gasteiger partial charge < -0.3 is 9.64 Å². The number of benzene rings is 2. The quantitative estimate of drug-likeness (QED) is 0.653. The predicted molar refractivity (Wildman–Crippen MR) is 119 cm³/mol. The third kappa shape index (κ3) is 6.89. The molecule has 0 aromatic heterocycles. The van der Waals surface area contributed by atoms with Gasteiger partial charge in [-0.1, -0.05) is 23.7 Å². The first-order chi connectivity index (χ1) is 13.9. The van der Waals surface area contributed by atoms with Crippen LogP contribution >= 0.6 is 11.6 Å². The monoisotopic (exact) mass is 437 g/mol. The molecule has 1 N–H and O–H groups in total. The Morgan fingerprint density at radius 3 is 2.28 bits per heavy atom. The maximum Gasteiger partial charge on any atom is 0.211 e. The van der Waals surface area contributed by atoms with Crippen LogP contribution in [-0.2, 0) is 16.4 Å². The van der Waals surface area contributed by atoms with Gasteiger partial charge in [-0.05, 0) is 48.4 Å². The highest BCUT2D eigenvalue weighted by Crippen LogP contribution is 2.19. The van der Waals surface area contributed by atoms with E-state index >= 15 is 0 Å². The molecule has 0 saturated carbocycles. The summed E-state index contributed by atoms with van der Waals surface area (Å²) >= 11 is 5.95. The van der Waals surface area contributed by atoms with E-state index in [1.165, 1.54) is 5.69 Å². The highest BCUT2D eigenvalue weighted by molar-refractivity contribution is 7.89. The van der Waals surface area contributed by atoms with E-state index in [-0.39, 0.29) is 5.75 Å². The van der Waals surface area contributed by atoms with Crippen molar-refractivity contribution in [3.05, 3.63) is 59.1 Å². The smallest absolute Gasteiger partial charge is 0.211 e. The molecule has 8 heteroatoms. The molecule has 1 fully saturated rings. The summed E-state index contributed by atoms with van der Waals surface area (Å²) < 4.78 is 32.4. The number of hydrogen-bond acceptors (Lipinski definition) is 5. The largest absolute Gasteiger partial charge is 0.497 e. The van der Waals surface area contributed by atoms with Gasteiger partial charge in [0.15, 0.2) is 0 Å². The average Bonchev–Trinajstić information content (AvgIpc) is 2.74. The Labute approximate surface area is 178 Å². The fourth-order valence-corrected chi connectivity index (χ4v) is 4.53. The van der Waals surface area contributed by atoms with Crippen LogP contribution in [0.4, 0.5) is 5.69 Å². The first-order valence-corrected chi connectivity index (χ1v) is 11.8. The van der Waals surface area contributed by atoms with Crippen LogP contribution in [0.15, 0.2) is 48.5 Å². The minimum absolute atomic E-state index is 0.0870.